The molecule has 2 heteroatoms. The zero-order valence-electron chi connectivity index (χ0n) is 12.1. The zero-order chi connectivity index (χ0) is 15.2. The molecule has 3 rings (SSSR count). The van der Waals surface area contributed by atoms with Crippen LogP contribution in [0.1, 0.15) is 22.7 Å². The molecular formula is C20H16ClN. The number of hydrogen-bond acceptors (Lipinski definition) is 1. The zero-order valence-corrected chi connectivity index (χ0v) is 12.8. The molecule has 0 aliphatic rings. The molecule has 0 radical (unpaired) electrons. The first-order chi connectivity index (χ1) is 10.8. The fourth-order valence-corrected chi connectivity index (χ4v) is 2.58. The minimum absolute atomic E-state index is 0.0126. The number of aliphatic imine (C=N–C) groups is 1. The molecule has 0 N–H and O–H groups in total. The van der Waals surface area contributed by atoms with E-state index in [2.05, 4.69) is 24.3 Å². The second-order valence-electron chi connectivity index (χ2n) is 5.06. The molecule has 0 saturated heterocycles. The molecule has 0 bridgehead atoms. The summed E-state index contributed by atoms with van der Waals surface area (Å²) < 4.78 is 0. The van der Waals surface area contributed by atoms with E-state index in [0.29, 0.717) is 0 Å². The Morgan fingerprint density at radius 1 is 0.727 bits per heavy atom. The third-order valence-electron chi connectivity index (χ3n) is 3.45. The van der Waals surface area contributed by atoms with Gasteiger partial charge in [-0.25, -0.2) is 0 Å². The monoisotopic (exact) mass is 305 g/mol. The molecule has 0 amide bonds. The molecule has 0 fully saturated rings. The third-order valence-corrected chi connectivity index (χ3v) is 3.69. The van der Waals surface area contributed by atoms with Crippen molar-refractivity contribution in [1.82, 2.24) is 0 Å². The van der Waals surface area contributed by atoms with Crippen molar-refractivity contribution < 1.29 is 0 Å². The average molecular weight is 306 g/mol. The van der Waals surface area contributed by atoms with Gasteiger partial charge in [0, 0.05) is 11.2 Å². The summed E-state index contributed by atoms with van der Waals surface area (Å²) in [6, 6.07) is 28.3. The highest BCUT2D eigenvalue weighted by Crippen LogP contribution is 2.25. The maximum atomic E-state index is 6.03. The number of halogens is 1. The molecule has 0 aliphatic carbocycles. The van der Waals surface area contributed by atoms with E-state index in [1.807, 2.05) is 66.9 Å². The molecule has 22 heavy (non-hydrogen) atoms. The van der Waals surface area contributed by atoms with E-state index in [0.717, 1.165) is 10.6 Å². The quantitative estimate of drug-likeness (QED) is 0.560. The molecule has 108 valence electrons. The van der Waals surface area contributed by atoms with Crippen molar-refractivity contribution in [2.24, 2.45) is 4.99 Å². The standard InChI is InChI=1S/C20H16ClN/c21-19-13-7-8-16(14-19)15-22-20(17-9-3-1-4-10-17)18-11-5-2-6-12-18/h1-15,20H. The largest absolute Gasteiger partial charge is 0.280 e. The normalized spacial score (nSPS) is 11.2. The first kappa shape index (κ1) is 14.6. The van der Waals surface area contributed by atoms with Crippen molar-refractivity contribution in [1.29, 1.82) is 0 Å². The highest BCUT2D eigenvalue weighted by molar-refractivity contribution is 6.30. The molecule has 0 spiro atoms. The summed E-state index contributed by atoms with van der Waals surface area (Å²) in [6.07, 6.45) is 1.89. The van der Waals surface area contributed by atoms with E-state index in [4.69, 9.17) is 16.6 Å². The lowest BCUT2D eigenvalue weighted by Crippen LogP contribution is -1.98. The van der Waals surface area contributed by atoms with Gasteiger partial charge < -0.3 is 0 Å². The van der Waals surface area contributed by atoms with E-state index >= 15 is 0 Å². The molecule has 0 aliphatic heterocycles. The summed E-state index contributed by atoms with van der Waals surface area (Å²) in [6.45, 7) is 0. The number of hydrogen-bond donors (Lipinski definition) is 0. The molecule has 3 aromatic rings. The van der Waals surface area contributed by atoms with Gasteiger partial charge in [0.15, 0.2) is 0 Å². The predicted molar refractivity (Wildman–Crippen MR) is 93.8 cm³/mol. The maximum absolute atomic E-state index is 6.03. The van der Waals surface area contributed by atoms with Crippen molar-refractivity contribution in [3.8, 4) is 0 Å². The minimum atomic E-state index is -0.0126. The average Bonchev–Trinajstić information content (AvgIpc) is 2.57. The van der Waals surface area contributed by atoms with Gasteiger partial charge in [-0.3, -0.25) is 4.99 Å². The minimum Gasteiger partial charge on any atom is -0.280 e. The van der Waals surface area contributed by atoms with Crippen LogP contribution in [-0.2, 0) is 0 Å². The van der Waals surface area contributed by atoms with E-state index in [-0.39, 0.29) is 6.04 Å². The van der Waals surface area contributed by atoms with Gasteiger partial charge in [-0.2, -0.15) is 0 Å². The molecule has 0 saturated carbocycles. The Balaban J connectivity index is 1.96. The molecule has 1 nitrogen and oxygen atoms in total. The van der Waals surface area contributed by atoms with Crippen LogP contribution >= 0.6 is 11.6 Å². The van der Waals surface area contributed by atoms with Gasteiger partial charge in [0.05, 0.1) is 6.04 Å². The Morgan fingerprint density at radius 2 is 1.32 bits per heavy atom. The van der Waals surface area contributed by atoms with Crippen LogP contribution < -0.4 is 0 Å². The summed E-state index contributed by atoms with van der Waals surface area (Å²) in [5.74, 6) is 0. The van der Waals surface area contributed by atoms with Crippen molar-refractivity contribution in [2.75, 3.05) is 0 Å². The molecule has 0 aromatic heterocycles. The lowest BCUT2D eigenvalue weighted by Gasteiger charge is -2.13. The van der Waals surface area contributed by atoms with Gasteiger partial charge in [-0.15, -0.1) is 0 Å². The van der Waals surface area contributed by atoms with Crippen LogP contribution in [0, 0.1) is 0 Å². The molecule has 0 heterocycles. The van der Waals surface area contributed by atoms with Crippen LogP contribution in [0.5, 0.6) is 0 Å². The predicted octanol–water partition coefficient (Wildman–Crippen LogP) is 5.55. The van der Waals surface area contributed by atoms with E-state index < -0.39 is 0 Å². The van der Waals surface area contributed by atoms with Crippen molar-refractivity contribution in [2.45, 2.75) is 6.04 Å². The number of benzene rings is 3. The summed E-state index contributed by atoms with van der Waals surface area (Å²) in [5.41, 5.74) is 3.35. The molecule has 0 unspecified atom stereocenters. The first-order valence-electron chi connectivity index (χ1n) is 7.21. The van der Waals surface area contributed by atoms with Gasteiger partial charge in [-0.1, -0.05) is 84.4 Å². The first-order valence-corrected chi connectivity index (χ1v) is 7.59. The van der Waals surface area contributed by atoms with Gasteiger partial charge in [0.25, 0.3) is 0 Å². The maximum Gasteiger partial charge on any atom is 0.0999 e. The van der Waals surface area contributed by atoms with Crippen LogP contribution in [0.2, 0.25) is 5.02 Å². The molecule has 0 atom stereocenters. The summed E-state index contributed by atoms with van der Waals surface area (Å²) in [4.78, 5) is 4.79. The molecular weight excluding hydrogens is 290 g/mol. The van der Waals surface area contributed by atoms with Gasteiger partial charge in [0.2, 0.25) is 0 Å². The van der Waals surface area contributed by atoms with Gasteiger partial charge >= 0.3 is 0 Å². The summed E-state index contributed by atoms with van der Waals surface area (Å²) in [7, 11) is 0. The lowest BCUT2D eigenvalue weighted by molar-refractivity contribution is 0.878. The second kappa shape index (κ2) is 7.06. The van der Waals surface area contributed by atoms with E-state index in [1.54, 1.807) is 0 Å². The van der Waals surface area contributed by atoms with Crippen LogP contribution in [-0.4, -0.2) is 6.21 Å². The van der Waals surface area contributed by atoms with Crippen LogP contribution in [0.4, 0.5) is 0 Å². The Kier molecular flexibility index (Phi) is 4.67. The van der Waals surface area contributed by atoms with Crippen LogP contribution in [0.15, 0.2) is 89.9 Å². The second-order valence-corrected chi connectivity index (χ2v) is 5.49. The molecule has 3 aromatic carbocycles. The Bertz CT molecular complexity index is 711. The van der Waals surface area contributed by atoms with Crippen molar-refractivity contribution >= 4 is 17.8 Å². The Labute approximate surface area is 135 Å². The fraction of sp³-hybridized carbons (Fsp3) is 0.0500. The third kappa shape index (κ3) is 3.63. The van der Waals surface area contributed by atoms with Crippen molar-refractivity contribution in [3.63, 3.8) is 0 Å². The fourth-order valence-electron chi connectivity index (χ4n) is 2.38. The lowest BCUT2D eigenvalue weighted by atomic mass is 9.99. The highest BCUT2D eigenvalue weighted by atomic mass is 35.5. The number of rotatable bonds is 4. The van der Waals surface area contributed by atoms with Crippen LogP contribution in [0.25, 0.3) is 0 Å². The Hall–Kier alpha value is -2.38. The SMILES string of the molecule is Clc1cccc(C=NC(c2ccccc2)c2ccccc2)c1. The topological polar surface area (TPSA) is 12.4 Å². The van der Waals surface area contributed by atoms with E-state index in [1.165, 1.54) is 11.1 Å². The van der Waals surface area contributed by atoms with Gasteiger partial charge in [0.1, 0.15) is 0 Å². The smallest absolute Gasteiger partial charge is 0.0999 e. The van der Waals surface area contributed by atoms with Crippen molar-refractivity contribution in [3.05, 3.63) is 107 Å². The van der Waals surface area contributed by atoms with E-state index in [9.17, 15) is 0 Å². The summed E-state index contributed by atoms with van der Waals surface area (Å²) in [5, 5.41) is 0.722. The number of nitrogens with zero attached hydrogens (tertiary/aromatic N) is 1. The van der Waals surface area contributed by atoms with Crippen LogP contribution in [0.3, 0.4) is 0 Å². The van der Waals surface area contributed by atoms with Gasteiger partial charge in [-0.05, 0) is 28.8 Å². The highest BCUT2D eigenvalue weighted by Gasteiger charge is 2.11. The summed E-state index contributed by atoms with van der Waals surface area (Å²) >= 11 is 6.03. The Morgan fingerprint density at radius 3 is 1.86 bits per heavy atom.